The number of methoxy groups -OCH3 is 1. The molecule has 174 valence electrons. The third-order valence-corrected chi connectivity index (χ3v) is 6.69. The van der Waals surface area contributed by atoms with Crippen LogP contribution in [0.25, 0.3) is 0 Å². The van der Waals surface area contributed by atoms with E-state index in [4.69, 9.17) is 19.3 Å². The SMILES string of the molecule is COc1ccc2c3c1O[C@@H]1C[C@@](O)(CC=C1OC(=O)CC(O)C(=O)O)[C@@H](C2)N(C)CCC3. The van der Waals surface area contributed by atoms with E-state index in [1.54, 1.807) is 13.2 Å². The van der Waals surface area contributed by atoms with Crippen molar-refractivity contribution < 1.29 is 39.1 Å². The van der Waals surface area contributed by atoms with Crippen molar-refractivity contribution >= 4 is 11.9 Å². The van der Waals surface area contributed by atoms with Crippen molar-refractivity contribution in [1.29, 1.82) is 0 Å². The molecule has 3 N–H and O–H groups in total. The van der Waals surface area contributed by atoms with E-state index in [1.807, 2.05) is 19.2 Å². The van der Waals surface area contributed by atoms with Gasteiger partial charge in [-0.25, -0.2) is 4.79 Å². The van der Waals surface area contributed by atoms with Gasteiger partial charge < -0.3 is 34.4 Å². The van der Waals surface area contributed by atoms with Gasteiger partial charge in [-0.1, -0.05) is 6.07 Å². The smallest absolute Gasteiger partial charge is 0.333 e. The summed E-state index contributed by atoms with van der Waals surface area (Å²) in [5, 5.41) is 30.0. The van der Waals surface area contributed by atoms with Crippen LogP contribution in [0.1, 0.15) is 36.8 Å². The summed E-state index contributed by atoms with van der Waals surface area (Å²) in [6.45, 7) is 0.826. The molecule has 6 bridgehead atoms. The number of rotatable bonds is 5. The number of aliphatic hydroxyl groups is 2. The summed E-state index contributed by atoms with van der Waals surface area (Å²) in [5.74, 6) is -1.02. The monoisotopic (exact) mass is 447 g/mol. The molecule has 0 fully saturated rings. The van der Waals surface area contributed by atoms with Gasteiger partial charge in [0.25, 0.3) is 0 Å². The van der Waals surface area contributed by atoms with Gasteiger partial charge in [-0.2, -0.15) is 0 Å². The molecule has 0 saturated carbocycles. The van der Waals surface area contributed by atoms with Crippen LogP contribution in [0, 0.1) is 0 Å². The number of esters is 1. The fourth-order valence-electron chi connectivity index (χ4n) is 4.98. The molecule has 1 aromatic rings. The van der Waals surface area contributed by atoms with Gasteiger partial charge in [0.2, 0.25) is 0 Å². The minimum absolute atomic E-state index is 0.158. The Balaban J connectivity index is 1.73. The predicted octanol–water partition coefficient (Wildman–Crippen LogP) is 1.03. The van der Waals surface area contributed by atoms with E-state index >= 15 is 0 Å². The van der Waals surface area contributed by atoms with Crippen LogP contribution in [0.15, 0.2) is 24.0 Å². The summed E-state index contributed by atoms with van der Waals surface area (Å²) in [4.78, 5) is 25.3. The minimum atomic E-state index is -1.85. The van der Waals surface area contributed by atoms with Crippen LogP contribution in [0.4, 0.5) is 0 Å². The van der Waals surface area contributed by atoms with Crippen molar-refractivity contribution in [3.8, 4) is 11.5 Å². The number of benzene rings is 1. The number of ether oxygens (including phenoxy) is 3. The average molecular weight is 447 g/mol. The molecule has 1 unspecified atom stereocenters. The Labute approximate surface area is 186 Å². The molecule has 4 atom stereocenters. The molecule has 0 radical (unpaired) electrons. The number of aliphatic hydroxyl groups excluding tert-OH is 1. The Morgan fingerprint density at radius 1 is 1.38 bits per heavy atom. The summed E-state index contributed by atoms with van der Waals surface area (Å²) < 4.78 is 17.3. The second-order valence-electron chi connectivity index (χ2n) is 8.80. The third kappa shape index (κ3) is 4.20. The molecule has 4 rings (SSSR count). The number of aliphatic carboxylic acids is 1. The van der Waals surface area contributed by atoms with E-state index in [-0.39, 0.29) is 24.6 Å². The van der Waals surface area contributed by atoms with Gasteiger partial charge in [0.1, 0.15) is 5.76 Å². The van der Waals surface area contributed by atoms with E-state index in [1.165, 1.54) is 0 Å². The van der Waals surface area contributed by atoms with E-state index in [0.29, 0.717) is 17.9 Å². The van der Waals surface area contributed by atoms with Crippen molar-refractivity contribution in [3.05, 3.63) is 35.1 Å². The van der Waals surface area contributed by atoms with Gasteiger partial charge in [0.05, 0.1) is 19.1 Å². The summed E-state index contributed by atoms with van der Waals surface area (Å²) in [6, 6.07) is 3.72. The number of carbonyl (C=O) groups excluding carboxylic acids is 1. The van der Waals surface area contributed by atoms with Gasteiger partial charge in [0, 0.05) is 18.0 Å². The first kappa shape index (κ1) is 22.6. The van der Waals surface area contributed by atoms with E-state index in [0.717, 1.165) is 30.5 Å². The van der Waals surface area contributed by atoms with Crippen LogP contribution in [-0.4, -0.2) is 76.7 Å². The third-order valence-electron chi connectivity index (χ3n) is 6.69. The zero-order valence-corrected chi connectivity index (χ0v) is 18.2. The molecule has 9 nitrogen and oxygen atoms in total. The number of carboxylic acids is 1. The number of nitrogens with zero attached hydrogens (tertiary/aromatic N) is 1. The molecular weight excluding hydrogens is 418 g/mol. The van der Waals surface area contributed by atoms with Crippen LogP contribution in [0.3, 0.4) is 0 Å². The standard InChI is InChI=1S/C23H29NO8/c1-24-9-3-4-14-13-5-6-17(30-2)21(14)32-18-12-23(29,19(24)10-13)8-7-16(18)31-20(26)11-15(25)22(27)28/h5-7,15,18-19,25,29H,3-4,8-12H2,1-2H3,(H,27,28)/t15?,18-,19-,23+/m1/s1. The van der Waals surface area contributed by atoms with E-state index in [2.05, 4.69) is 4.90 Å². The zero-order valence-electron chi connectivity index (χ0n) is 18.2. The molecule has 3 aliphatic rings. The van der Waals surface area contributed by atoms with Crippen LogP contribution in [0.2, 0.25) is 0 Å². The molecular formula is C23H29NO8. The fraction of sp³-hybridized carbons (Fsp3) is 0.565. The Morgan fingerprint density at radius 2 is 2.16 bits per heavy atom. The normalized spacial score (nSPS) is 28.1. The summed E-state index contributed by atoms with van der Waals surface area (Å²) in [7, 11) is 3.58. The maximum atomic E-state index is 12.3. The van der Waals surface area contributed by atoms with E-state index < -0.39 is 36.2 Å². The molecule has 1 aliphatic carbocycles. The molecule has 9 heteroatoms. The fourth-order valence-corrected chi connectivity index (χ4v) is 4.98. The van der Waals surface area contributed by atoms with Crippen molar-refractivity contribution in [2.45, 2.75) is 62.4 Å². The first-order chi connectivity index (χ1) is 15.2. The van der Waals surface area contributed by atoms with Crippen molar-refractivity contribution in [1.82, 2.24) is 4.90 Å². The molecule has 0 spiro atoms. The molecule has 2 aliphatic heterocycles. The number of carbonyl (C=O) groups is 2. The van der Waals surface area contributed by atoms with E-state index in [9.17, 15) is 19.8 Å². The van der Waals surface area contributed by atoms with Gasteiger partial charge in [-0.3, -0.25) is 4.79 Å². The maximum absolute atomic E-state index is 12.3. The van der Waals surface area contributed by atoms with Crippen molar-refractivity contribution in [3.63, 3.8) is 0 Å². The lowest BCUT2D eigenvalue weighted by Gasteiger charge is -2.44. The second-order valence-corrected chi connectivity index (χ2v) is 8.80. The topological polar surface area (TPSA) is 126 Å². The highest BCUT2D eigenvalue weighted by Crippen LogP contribution is 2.44. The Bertz CT molecular complexity index is 944. The highest BCUT2D eigenvalue weighted by molar-refractivity contribution is 5.80. The lowest BCUT2D eigenvalue weighted by atomic mass is 9.77. The maximum Gasteiger partial charge on any atom is 0.333 e. The second kappa shape index (κ2) is 8.73. The molecule has 2 heterocycles. The summed E-state index contributed by atoms with van der Waals surface area (Å²) in [5.41, 5.74) is 1.02. The lowest BCUT2D eigenvalue weighted by molar-refractivity contribution is -0.155. The Hall–Kier alpha value is -2.62. The molecule has 0 aromatic heterocycles. The molecule has 0 amide bonds. The molecule has 1 aromatic carbocycles. The number of hydrogen-bond acceptors (Lipinski definition) is 8. The van der Waals surface area contributed by atoms with Gasteiger partial charge in [0.15, 0.2) is 23.7 Å². The minimum Gasteiger partial charge on any atom is -0.493 e. The van der Waals surface area contributed by atoms with Crippen LogP contribution in [-0.2, 0) is 27.2 Å². The summed E-state index contributed by atoms with van der Waals surface area (Å²) in [6.07, 6.45) is 1.13. The number of likely N-dealkylation sites (N-methyl/N-ethyl adjacent to an activating group) is 1. The van der Waals surface area contributed by atoms with Crippen LogP contribution in [0.5, 0.6) is 11.5 Å². The van der Waals surface area contributed by atoms with Gasteiger partial charge >= 0.3 is 11.9 Å². The molecule has 0 saturated heterocycles. The van der Waals surface area contributed by atoms with Gasteiger partial charge in [-0.15, -0.1) is 0 Å². The number of fused-ring (bicyclic) bond motifs is 4. The van der Waals surface area contributed by atoms with Crippen LogP contribution < -0.4 is 9.47 Å². The number of hydrogen-bond donors (Lipinski definition) is 3. The largest absolute Gasteiger partial charge is 0.493 e. The Morgan fingerprint density at radius 3 is 2.88 bits per heavy atom. The number of carboxylic acid groups (broad SMARTS) is 1. The lowest BCUT2D eigenvalue weighted by Crippen LogP contribution is -2.56. The van der Waals surface area contributed by atoms with Crippen LogP contribution >= 0.6 is 0 Å². The zero-order chi connectivity index (χ0) is 23.0. The predicted molar refractivity (Wildman–Crippen MR) is 112 cm³/mol. The average Bonchev–Trinajstić information content (AvgIpc) is 2.74. The first-order valence-electron chi connectivity index (χ1n) is 10.8. The first-order valence-corrected chi connectivity index (χ1v) is 10.8. The van der Waals surface area contributed by atoms with Gasteiger partial charge in [-0.05, 0) is 57.0 Å². The molecule has 32 heavy (non-hydrogen) atoms. The highest BCUT2D eigenvalue weighted by atomic mass is 16.6. The highest BCUT2D eigenvalue weighted by Gasteiger charge is 2.47. The Kier molecular flexibility index (Phi) is 6.15. The quantitative estimate of drug-likeness (QED) is 0.568. The summed E-state index contributed by atoms with van der Waals surface area (Å²) >= 11 is 0. The van der Waals surface area contributed by atoms with Crippen molar-refractivity contribution in [2.24, 2.45) is 0 Å². The van der Waals surface area contributed by atoms with Crippen molar-refractivity contribution in [2.75, 3.05) is 20.7 Å².